The van der Waals surface area contributed by atoms with E-state index in [0.29, 0.717) is 46.0 Å². The number of amides is 1. The summed E-state index contributed by atoms with van der Waals surface area (Å²) >= 11 is 0. The van der Waals surface area contributed by atoms with Gasteiger partial charge in [0.2, 0.25) is 5.71 Å². The van der Waals surface area contributed by atoms with Crippen molar-refractivity contribution >= 4 is 22.8 Å². The van der Waals surface area contributed by atoms with Gasteiger partial charge in [0.25, 0.3) is 5.91 Å². The molecule has 2 N–H and O–H groups in total. The summed E-state index contributed by atoms with van der Waals surface area (Å²) in [6.45, 7) is 6.07. The molecule has 0 saturated heterocycles. The summed E-state index contributed by atoms with van der Waals surface area (Å²) in [5.41, 5.74) is 1.51. The van der Waals surface area contributed by atoms with Crippen molar-refractivity contribution < 1.29 is 13.6 Å². The van der Waals surface area contributed by atoms with Crippen LogP contribution in [0.2, 0.25) is 0 Å². The van der Waals surface area contributed by atoms with Gasteiger partial charge in [-0.25, -0.2) is 9.37 Å². The van der Waals surface area contributed by atoms with Crippen LogP contribution >= 0.6 is 0 Å². The number of benzene rings is 1. The third kappa shape index (κ3) is 3.56. The standard InChI is InChI=1S/C21H23FN4O2/c1-4-15-24-18(26-21(3)8-9-21)17-16(12(2)28-20(17)25-15)19(27)23-11-13-6-5-7-14(22)10-13/h5-7,10H,4,8-9,11H2,1-3H3,(H,23,27)(H,24,25,26). The van der Waals surface area contributed by atoms with Crippen molar-refractivity contribution in [2.24, 2.45) is 0 Å². The van der Waals surface area contributed by atoms with Crippen molar-refractivity contribution in [3.05, 3.63) is 52.8 Å². The first-order chi connectivity index (χ1) is 13.4. The number of carbonyl (C=O) groups is 1. The van der Waals surface area contributed by atoms with Crippen molar-refractivity contribution in [2.45, 2.75) is 52.1 Å². The summed E-state index contributed by atoms with van der Waals surface area (Å²) in [4.78, 5) is 22.0. The largest absolute Gasteiger partial charge is 0.442 e. The predicted octanol–water partition coefficient (Wildman–Crippen LogP) is 4.13. The van der Waals surface area contributed by atoms with E-state index in [4.69, 9.17) is 4.42 Å². The maximum Gasteiger partial charge on any atom is 0.255 e. The lowest BCUT2D eigenvalue weighted by molar-refractivity contribution is 0.0950. The molecule has 1 saturated carbocycles. The summed E-state index contributed by atoms with van der Waals surface area (Å²) in [5.74, 6) is 1.16. The zero-order valence-electron chi connectivity index (χ0n) is 16.2. The van der Waals surface area contributed by atoms with E-state index in [2.05, 4.69) is 27.5 Å². The fourth-order valence-electron chi connectivity index (χ4n) is 3.19. The van der Waals surface area contributed by atoms with Crippen LogP contribution in [0.4, 0.5) is 10.2 Å². The fourth-order valence-corrected chi connectivity index (χ4v) is 3.19. The Labute approximate surface area is 162 Å². The van der Waals surface area contributed by atoms with Crippen molar-refractivity contribution in [3.8, 4) is 0 Å². The second-order valence-corrected chi connectivity index (χ2v) is 7.55. The average molecular weight is 382 g/mol. The van der Waals surface area contributed by atoms with E-state index in [1.54, 1.807) is 19.1 Å². The van der Waals surface area contributed by atoms with E-state index in [0.717, 1.165) is 12.8 Å². The second kappa shape index (κ2) is 6.89. The lowest BCUT2D eigenvalue weighted by atomic mass is 10.1. The smallest absolute Gasteiger partial charge is 0.255 e. The Morgan fingerprint density at radius 3 is 2.79 bits per heavy atom. The highest BCUT2D eigenvalue weighted by Crippen LogP contribution is 2.40. The number of nitrogens with one attached hydrogen (secondary N) is 2. The predicted molar refractivity (Wildman–Crippen MR) is 105 cm³/mol. The Balaban J connectivity index is 1.69. The van der Waals surface area contributed by atoms with Gasteiger partial charge < -0.3 is 15.1 Å². The number of aromatic nitrogens is 2. The van der Waals surface area contributed by atoms with Crippen LogP contribution in [0, 0.1) is 12.7 Å². The molecule has 1 aromatic carbocycles. The molecular weight excluding hydrogens is 359 g/mol. The third-order valence-electron chi connectivity index (χ3n) is 5.08. The monoisotopic (exact) mass is 382 g/mol. The maximum absolute atomic E-state index is 13.4. The van der Waals surface area contributed by atoms with Gasteiger partial charge in [-0.3, -0.25) is 4.79 Å². The molecular formula is C21H23FN4O2. The number of hydrogen-bond acceptors (Lipinski definition) is 5. The number of anilines is 1. The molecule has 0 radical (unpaired) electrons. The SMILES string of the molecule is CCc1nc(NC2(C)CC2)c2c(C(=O)NCc3cccc(F)c3)c(C)oc2n1. The minimum atomic E-state index is -0.332. The van der Waals surface area contributed by atoms with E-state index in [1.807, 2.05) is 6.92 Å². The van der Waals surface area contributed by atoms with Crippen LogP contribution in [0.3, 0.4) is 0 Å². The molecule has 6 nitrogen and oxygen atoms in total. The first kappa shape index (κ1) is 18.4. The summed E-state index contributed by atoms with van der Waals surface area (Å²) in [7, 11) is 0. The van der Waals surface area contributed by atoms with Crippen molar-refractivity contribution in [1.29, 1.82) is 0 Å². The molecule has 28 heavy (non-hydrogen) atoms. The number of aryl methyl sites for hydroxylation is 2. The highest BCUT2D eigenvalue weighted by atomic mass is 19.1. The minimum Gasteiger partial charge on any atom is -0.442 e. The number of fused-ring (bicyclic) bond motifs is 1. The average Bonchev–Trinajstić information content (AvgIpc) is 3.28. The van der Waals surface area contributed by atoms with Crippen LogP contribution in [-0.2, 0) is 13.0 Å². The van der Waals surface area contributed by atoms with Crippen LogP contribution in [0.15, 0.2) is 28.7 Å². The van der Waals surface area contributed by atoms with E-state index in [9.17, 15) is 9.18 Å². The van der Waals surface area contributed by atoms with Gasteiger partial charge in [-0.2, -0.15) is 4.98 Å². The molecule has 4 rings (SSSR count). The zero-order chi connectivity index (χ0) is 19.9. The number of nitrogens with zero attached hydrogens (tertiary/aromatic N) is 2. The highest BCUT2D eigenvalue weighted by Gasteiger charge is 2.38. The fraction of sp³-hybridized carbons (Fsp3) is 0.381. The molecule has 2 heterocycles. The van der Waals surface area contributed by atoms with E-state index < -0.39 is 0 Å². The van der Waals surface area contributed by atoms with Crippen LogP contribution in [0.1, 0.15) is 54.2 Å². The molecule has 0 bridgehead atoms. The summed E-state index contributed by atoms with van der Waals surface area (Å²) in [5, 5.41) is 6.90. The first-order valence-electron chi connectivity index (χ1n) is 9.49. The van der Waals surface area contributed by atoms with Gasteiger partial charge in [0.1, 0.15) is 23.2 Å². The Kier molecular flexibility index (Phi) is 4.53. The van der Waals surface area contributed by atoms with Crippen molar-refractivity contribution in [3.63, 3.8) is 0 Å². The Hall–Kier alpha value is -2.96. The molecule has 2 aromatic heterocycles. The number of furan rings is 1. The molecule has 0 atom stereocenters. The molecule has 0 aliphatic heterocycles. The van der Waals surface area contributed by atoms with Gasteiger partial charge in [-0.15, -0.1) is 0 Å². The van der Waals surface area contributed by atoms with E-state index in [1.165, 1.54) is 12.1 Å². The molecule has 7 heteroatoms. The van der Waals surface area contributed by atoms with Gasteiger partial charge in [0, 0.05) is 18.5 Å². The van der Waals surface area contributed by atoms with Crippen LogP contribution in [0.5, 0.6) is 0 Å². The summed E-state index contributed by atoms with van der Waals surface area (Å²) in [6, 6.07) is 6.16. The highest BCUT2D eigenvalue weighted by molar-refractivity contribution is 6.10. The van der Waals surface area contributed by atoms with Crippen LogP contribution < -0.4 is 10.6 Å². The van der Waals surface area contributed by atoms with Crippen LogP contribution in [0.25, 0.3) is 11.1 Å². The lowest BCUT2D eigenvalue weighted by Crippen LogP contribution is -2.24. The van der Waals surface area contributed by atoms with Gasteiger partial charge in [-0.1, -0.05) is 19.1 Å². The molecule has 1 aliphatic carbocycles. The number of rotatable bonds is 6. The Bertz CT molecular complexity index is 1060. The van der Waals surface area contributed by atoms with Gasteiger partial charge in [0.15, 0.2) is 0 Å². The zero-order valence-corrected chi connectivity index (χ0v) is 16.2. The molecule has 1 aliphatic rings. The summed E-state index contributed by atoms with van der Waals surface area (Å²) < 4.78 is 19.2. The lowest BCUT2D eigenvalue weighted by Gasteiger charge is -2.14. The van der Waals surface area contributed by atoms with Gasteiger partial charge >= 0.3 is 0 Å². The number of halogens is 1. The van der Waals surface area contributed by atoms with Gasteiger partial charge in [0.05, 0.1) is 10.9 Å². The van der Waals surface area contributed by atoms with Gasteiger partial charge in [-0.05, 0) is 44.4 Å². The van der Waals surface area contributed by atoms with E-state index in [-0.39, 0.29) is 23.8 Å². The molecule has 1 amide bonds. The first-order valence-corrected chi connectivity index (χ1v) is 9.49. The molecule has 1 fully saturated rings. The number of hydrogen-bond donors (Lipinski definition) is 2. The molecule has 0 unspecified atom stereocenters. The van der Waals surface area contributed by atoms with E-state index >= 15 is 0 Å². The maximum atomic E-state index is 13.4. The second-order valence-electron chi connectivity index (χ2n) is 7.55. The normalized spacial score (nSPS) is 14.9. The molecule has 146 valence electrons. The summed E-state index contributed by atoms with van der Waals surface area (Å²) in [6.07, 6.45) is 2.78. The number of carbonyl (C=O) groups excluding carboxylic acids is 1. The van der Waals surface area contributed by atoms with Crippen molar-refractivity contribution in [1.82, 2.24) is 15.3 Å². The topological polar surface area (TPSA) is 80.0 Å². The quantitative estimate of drug-likeness (QED) is 0.670. The third-order valence-corrected chi connectivity index (χ3v) is 5.08. The minimum absolute atomic E-state index is 0.00716. The molecule has 0 spiro atoms. The Morgan fingerprint density at radius 1 is 1.32 bits per heavy atom. The van der Waals surface area contributed by atoms with Crippen molar-refractivity contribution in [2.75, 3.05) is 5.32 Å². The molecule has 3 aromatic rings. The van der Waals surface area contributed by atoms with Crippen LogP contribution in [-0.4, -0.2) is 21.4 Å². The Morgan fingerprint density at radius 2 is 2.11 bits per heavy atom.